The summed E-state index contributed by atoms with van der Waals surface area (Å²) in [6.07, 6.45) is 0. The van der Waals surface area contributed by atoms with Crippen molar-refractivity contribution >= 4 is 40.1 Å². The average Bonchev–Trinajstić information content (AvgIpc) is 3.14. The van der Waals surface area contributed by atoms with Crippen LogP contribution in [0.1, 0.15) is 29.1 Å². The van der Waals surface area contributed by atoms with E-state index in [-0.39, 0.29) is 18.4 Å². The van der Waals surface area contributed by atoms with E-state index in [1.165, 1.54) is 0 Å². The molecule has 2 N–H and O–H groups in total. The first-order valence-corrected chi connectivity index (χ1v) is 10.3. The maximum Gasteiger partial charge on any atom is 0.251 e. The number of aromatic nitrogens is 2. The summed E-state index contributed by atoms with van der Waals surface area (Å²) in [4.78, 5) is 30.0. The number of anilines is 1. The van der Waals surface area contributed by atoms with E-state index in [1.807, 2.05) is 54.0 Å². The summed E-state index contributed by atoms with van der Waals surface area (Å²) in [6.45, 7) is 1.92. The number of imidazole rings is 1. The van der Waals surface area contributed by atoms with Crippen LogP contribution in [0.15, 0.2) is 78.9 Å². The molecule has 1 atom stereocenters. The lowest BCUT2D eigenvalue weighted by molar-refractivity contribution is -0.116. The summed E-state index contributed by atoms with van der Waals surface area (Å²) < 4.78 is 1.83. The Kier molecular flexibility index (Phi) is 6.00. The normalized spacial score (nSPS) is 11.8. The molecule has 0 spiro atoms. The predicted molar refractivity (Wildman–Crippen MR) is 122 cm³/mol. The van der Waals surface area contributed by atoms with Gasteiger partial charge >= 0.3 is 0 Å². The molecule has 3 aromatic carbocycles. The smallest absolute Gasteiger partial charge is 0.251 e. The third kappa shape index (κ3) is 4.75. The molecule has 1 unspecified atom stereocenters. The molecule has 1 aromatic heterocycles. The largest absolute Gasteiger partial charge is 0.342 e. The number of benzene rings is 3. The van der Waals surface area contributed by atoms with Crippen LogP contribution in [-0.2, 0) is 11.3 Å². The lowest BCUT2D eigenvalue weighted by atomic mass is 10.2. The minimum absolute atomic E-state index is 0.0595. The van der Waals surface area contributed by atoms with E-state index in [0.717, 1.165) is 11.0 Å². The molecular formula is C24H21ClN4O2. The molecule has 0 radical (unpaired) electrons. The molecule has 0 aliphatic heterocycles. The standard InChI is InChI=1S/C24H21ClN4O2/c1-16(26-24(31)17-7-3-2-4-8-17)23-28-20-9-5-6-10-21(20)29(23)15-22(30)27-19-13-11-18(25)12-14-19/h2-14,16H,15H2,1H3,(H,26,31)(H,27,30). The topological polar surface area (TPSA) is 76.0 Å². The fraction of sp³-hybridized carbons (Fsp3) is 0.125. The number of fused-ring (bicyclic) bond motifs is 1. The fourth-order valence-electron chi connectivity index (χ4n) is 3.40. The number of nitrogens with zero attached hydrogens (tertiary/aromatic N) is 2. The van der Waals surface area contributed by atoms with Crippen molar-refractivity contribution in [3.63, 3.8) is 0 Å². The number of halogens is 1. The van der Waals surface area contributed by atoms with Crippen LogP contribution in [0.3, 0.4) is 0 Å². The van der Waals surface area contributed by atoms with Crippen molar-refractivity contribution in [1.82, 2.24) is 14.9 Å². The summed E-state index contributed by atoms with van der Waals surface area (Å²) in [5, 5.41) is 6.45. The van der Waals surface area contributed by atoms with Crippen LogP contribution in [0.25, 0.3) is 11.0 Å². The summed E-state index contributed by atoms with van der Waals surface area (Å²) in [5.41, 5.74) is 2.81. The number of carbonyl (C=O) groups excluding carboxylic acids is 2. The van der Waals surface area contributed by atoms with Gasteiger partial charge in [-0.3, -0.25) is 9.59 Å². The van der Waals surface area contributed by atoms with E-state index in [2.05, 4.69) is 15.6 Å². The third-order valence-corrected chi connectivity index (χ3v) is 5.14. The number of hydrogen-bond donors (Lipinski definition) is 2. The van der Waals surface area contributed by atoms with Crippen molar-refractivity contribution in [3.8, 4) is 0 Å². The van der Waals surface area contributed by atoms with Gasteiger partial charge in [-0.05, 0) is 55.5 Å². The van der Waals surface area contributed by atoms with Gasteiger partial charge in [-0.2, -0.15) is 0 Å². The van der Waals surface area contributed by atoms with Crippen molar-refractivity contribution in [1.29, 1.82) is 0 Å². The maximum atomic E-state index is 12.7. The molecule has 4 rings (SSSR count). The van der Waals surface area contributed by atoms with Gasteiger partial charge in [0.25, 0.3) is 5.91 Å². The Bertz CT molecular complexity index is 1220. The maximum absolute atomic E-state index is 12.7. The van der Waals surface area contributed by atoms with Gasteiger partial charge in [-0.15, -0.1) is 0 Å². The summed E-state index contributed by atoms with van der Waals surface area (Å²) in [6, 6.07) is 23.1. The number of hydrogen-bond acceptors (Lipinski definition) is 3. The highest BCUT2D eigenvalue weighted by molar-refractivity contribution is 6.30. The van der Waals surface area contributed by atoms with E-state index in [1.54, 1.807) is 36.4 Å². The zero-order valence-corrected chi connectivity index (χ0v) is 17.6. The Hall–Kier alpha value is -3.64. The minimum Gasteiger partial charge on any atom is -0.342 e. The Balaban J connectivity index is 1.58. The number of nitrogens with one attached hydrogen (secondary N) is 2. The second kappa shape index (κ2) is 9.02. The van der Waals surface area contributed by atoms with E-state index in [9.17, 15) is 9.59 Å². The number of para-hydroxylation sites is 2. The third-order valence-electron chi connectivity index (χ3n) is 4.88. The predicted octanol–water partition coefficient (Wildman–Crippen LogP) is 4.82. The molecule has 0 aliphatic carbocycles. The van der Waals surface area contributed by atoms with Crippen LogP contribution in [0.2, 0.25) is 5.02 Å². The van der Waals surface area contributed by atoms with Gasteiger partial charge in [0.15, 0.2) is 0 Å². The van der Waals surface area contributed by atoms with Crippen LogP contribution in [-0.4, -0.2) is 21.4 Å². The van der Waals surface area contributed by atoms with Gasteiger partial charge < -0.3 is 15.2 Å². The molecule has 6 nitrogen and oxygen atoms in total. The highest BCUT2D eigenvalue weighted by atomic mass is 35.5. The first-order valence-electron chi connectivity index (χ1n) is 9.88. The average molecular weight is 433 g/mol. The highest BCUT2D eigenvalue weighted by Gasteiger charge is 2.20. The molecule has 0 bridgehead atoms. The van der Waals surface area contributed by atoms with Gasteiger partial charge in [-0.1, -0.05) is 41.9 Å². The highest BCUT2D eigenvalue weighted by Crippen LogP contribution is 2.22. The minimum atomic E-state index is -0.400. The summed E-state index contributed by atoms with van der Waals surface area (Å²) >= 11 is 5.91. The molecule has 4 aromatic rings. The first kappa shape index (κ1) is 20.6. The van der Waals surface area contributed by atoms with Gasteiger partial charge in [0.2, 0.25) is 5.91 Å². The van der Waals surface area contributed by atoms with Gasteiger partial charge in [-0.25, -0.2) is 4.98 Å². The number of rotatable bonds is 6. The molecule has 0 saturated heterocycles. The van der Waals surface area contributed by atoms with E-state index < -0.39 is 6.04 Å². The second-order valence-corrected chi connectivity index (χ2v) is 7.60. The Morgan fingerprint density at radius 1 is 0.968 bits per heavy atom. The fourth-order valence-corrected chi connectivity index (χ4v) is 3.53. The first-order chi connectivity index (χ1) is 15.0. The molecule has 7 heteroatoms. The van der Waals surface area contributed by atoms with Crippen molar-refractivity contribution in [2.75, 3.05) is 5.32 Å². The number of amides is 2. The molecule has 156 valence electrons. The molecular weight excluding hydrogens is 412 g/mol. The van der Waals surface area contributed by atoms with Crippen LogP contribution in [0.5, 0.6) is 0 Å². The Morgan fingerprint density at radius 2 is 1.65 bits per heavy atom. The lowest BCUT2D eigenvalue weighted by Crippen LogP contribution is -2.30. The lowest BCUT2D eigenvalue weighted by Gasteiger charge is -2.16. The van der Waals surface area contributed by atoms with Gasteiger partial charge in [0.05, 0.1) is 17.1 Å². The Morgan fingerprint density at radius 3 is 2.39 bits per heavy atom. The zero-order chi connectivity index (χ0) is 21.8. The van der Waals surface area contributed by atoms with E-state index in [0.29, 0.717) is 22.1 Å². The van der Waals surface area contributed by atoms with Gasteiger partial charge in [0, 0.05) is 16.3 Å². The Labute approximate surface area is 184 Å². The number of carbonyl (C=O) groups is 2. The van der Waals surface area contributed by atoms with Crippen molar-refractivity contribution in [3.05, 3.63) is 95.3 Å². The second-order valence-electron chi connectivity index (χ2n) is 7.16. The van der Waals surface area contributed by atoms with Crippen LogP contribution >= 0.6 is 11.6 Å². The van der Waals surface area contributed by atoms with Crippen LogP contribution in [0.4, 0.5) is 5.69 Å². The van der Waals surface area contributed by atoms with Crippen molar-refractivity contribution < 1.29 is 9.59 Å². The molecule has 1 heterocycles. The quantitative estimate of drug-likeness (QED) is 0.458. The van der Waals surface area contributed by atoms with Crippen LogP contribution < -0.4 is 10.6 Å². The monoisotopic (exact) mass is 432 g/mol. The molecule has 2 amide bonds. The molecule has 31 heavy (non-hydrogen) atoms. The zero-order valence-electron chi connectivity index (χ0n) is 16.9. The van der Waals surface area contributed by atoms with Gasteiger partial charge in [0.1, 0.15) is 12.4 Å². The van der Waals surface area contributed by atoms with Crippen LogP contribution in [0, 0.1) is 0 Å². The molecule has 0 aliphatic rings. The SMILES string of the molecule is CC(NC(=O)c1ccccc1)c1nc2ccccc2n1CC(=O)Nc1ccc(Cl)cc1. The molecule has 0 fully saturated rings. The van der Waals surface area contributed by atoms with E-state index >= 15 is 0 Å². The summed E-state index contributed by atoms with van der Waals surface area (Å²) in [5.74, 6) is 0.211. The van der Waals surface area contributed by atoms with E-state index in [4.69, 9.17) is 11.6 Å². The van der Waals surface area contributed by atoms with Crippen molar-refractivity contribution in [2.45, 2.75) is 19.5 Å². The summed E-state index contributed by atoms with van der Waals surface area (Å²) in [7, 11) is 0. The molecule has 0 saturated carbocycles. The van der Waals surface area contributed by atoms with Crippen molar-refractivity contribution in [2.24, 2.45) is 0 Å².